The first kappa shape index (κ1) is 14.1. The largest absolute Gasteiger partial charge is 0.361 e. The lowest BCUT2D eigenvalue weighted by molar-refractivity contribution is 0.287. The maximum absolute atomic E-state index is 3.53. The van der Waals surface area contributed by atoms with Gasteiger partial charge in [-0.05, 0) is 48.7 Å². The predicted molar refractivity (Wildman–Crippen MR) is 82.4 cm³/mol. The topological polar surface area (TPSA) is 31.1 Å². The molecule has 19 heavy (non-hydrogen) atoms. The summed E-state index contributed by atoms with van der Waals surface area (Å²) in [5, 5.41) is 4.82. The van der Waals surface area contributed by atoms with Crippen molar-refractivity contribution in [3.8, 4) is 0 Å². The van der Waals surface area contributed by atoms with Gasteiger partial charge in [-0.3, -0.25) is 0 Å². The summed E-state index contributed by atoms with van der Waals surface area (Å²) >= 11 is 0. The van der Waals surface area contributed by atoms with Crippen LogP contribution in [0.3, 0.4) is 0 Å². The van der Waals surface area contributed by atoms with Gasteiger partial charge in [0, 0.05) is 31.3 Å². The zero-order chi connectivity index (χ0) is 13.5. The van der Waals surface area contributed by atoms with E-state index in [1.54, 1.807) is 0 Å². The number of hydrogen-bond donors (Lipinski definition) is 2. The molecule has 0 unspecified atom stereocenters. The zero-order valence-corrected chi connectivity index (χ0v) is 12.1. The van der Waals surface area contributed by atoms with Crippen molar-refractivity contribution in [1.82, 2.24) is 15.2 Å². The fraction of sp³-hybridized carbons (Fsp3) is 0.500. The Hall–Kier alpha value is -1.32. The number of aromatic amines is 1. The number of fused-ring (bicyclic) bond motifs is 1. The van der Waals surface area contributed by atoms with E-state index in [0.29, 0.717) is 0 Å². The van der Waals surface area contributed by atoms with Gasteiger partial charge in [-0.25, -0.2) is 0 Å². The highest BCUT2D eigenvalue weighted by Gasteiger charge is 2.00. The molecule has 0 fully saturated rings. The predicted octanol–water partition coefficient (Wildman–Crippen LogP) is 2.99. The Kier molecular flexibility index (Phi) is 5.43. The van der Waals surface area contributed by atoms with Crippen molar-refractivity contribution in [3.05, 3.63) is 36.0 Å². The summed E-state index contributed by atoms with van der Waals surface area (Å²) in [5.74, 6) is 0. The first-order chi connectivity index (χ1) is 9.33. The quantitative estimate of drug-likeness (QED) is 0.714. The molecular weight excluding hydrogens is 234 g/mol. The highest BCUT2D eigenvalue weighted by atomic mass is 15.1. The number of nitrogens with zero attached hydrogens (tertiary/aromatic N) is 1. The van der Waals surface area contributed by atoms with Gasteiger partial charge in [-0.15, -0.1) is 0 Å². The molecule has 2 rings (SSSR count). The minimum atomic E-state index is 0.949. The van der Waals surface area contributed by atoms with Gasteiger partial charge in [0.25, 0.3) is 0 Å². The van der Waals surface area contributed by atoms with E-state index in [-0.39, 0.29) is 0 Å². The molecule has 3 heteroatoms. The van der Waals surface area contributed by atoms with Crippen LogP contribution in [0, 0.1) is 0 Å². The molecule has 0 saturated carbocycles. The van der Waals surface area contributed by atoms with Gasteiger partial charge in [-0.2, -0.15) is 0 Å². The molecule has 0 aliphatic heterocycles. The number of H-pyrrole nitrogens is 1. The van der Waals surface area contributed by atoms with Crippen molar-refractivity contribution in [3.63, 3.8) is 0 Å². The number of nitrogens with one attached hydrogen (secondary N) is 2. The van der Waals surface area contributed by atoms with E-state index in [1.165, 1.54) is 29.4 Å². The maximum Gasteiger partial charge on any atom is 0.0454 e. The second-order valence-corrected chi connectivity index (χ2v) is 5.01. The van der Waals surface area contributed by atoms with Crippen LogP contribution in [0.4, 0.5) is 0 Å². The second-order valence-electron chi connectivity index (χ2n) is 5.01. The Morgan fingerprint density at radius 2 is 2.05 bits per heavy atom. The van der Waals surface area contributed by atoms with Gasteiger partial charge in [0.05, 0.1) is 0 Å². The Morgan fingerprint density at radius 1 is 1.16 bits per heavy atom. The van der Waals surface area contributed by atoms with Crippen LogP contribution in [0.5, 0.6) is 0 Å². The summed E-state index contributed by atoms with van der Waals surface area (Å²) in [6.45, 7) is 9.95. The minimum absolute atomic E-state index is 0.949. The molecule has 104 valence electrons. The number of benzene rings is 1. The number of hydrogen-bond acceptors (Lipinski definition) is 2. The molecule has 0 saturated heterocycles. The van der Waals surface area contributed by atoms with E-state index in [2.05, 4.69) is 53.3 Å². The first-order valence-electron chi connectivity index (χ1n) is 7.32. The molecule has 2 aromatic rings. The van der Waals surface area contributed by atoms with Crippen LogP contribution in [0.1, 0.15) is 25.8 Å². The fourth-order valence-electron chi connectivity index (χ4n) is 2.43. The van der Waals surface area contributed by atoms with Gasteiger partial charge < -0.3 is 15.2 Å². The molecule has 0 aliphatic carbocycles. The van der Waals surface area contributed by atoms with Crippen molar-refractivity contribution in [2.45, 2.75) is 26.8 Å². The lowest BCUT2D eigenvalue weighted by Crippen LogP contribution is -2.32. The molecule has 0 bridgehead atoms. The first-order valence-corrected chi connectivity index (χ1v) is 7.32. The molecule has 2 N–H and O–H groups in total. The van der Waals surface area contributed by atoms with Gasteiger partial charge in [-0.1, -0.05) is 19.9 Å². The van der Waals surface area contributed by atoms with Crippen LogP contribution in [0.15, 0.2) is 30.5 Å². The molecule has 1 heterocycles. The molecule has 0 atom stereocenters. The van der Waals surface area contributed by atoms with E-state index >= 15 is 0 Å². The minimum Gasteiger partial charge on any atom is -0.361 e. The summed E-state index contributed by atoms with van der Waals surface area (Å²) in [6.07, 6.45) is 3.23. The molecule has 0 spiro atoms. The van der Waals surface area contributed by atoms with Crippen LogP contribution >= 0.6 is 0 Å². The van der Waals surface area contributed by atoms with Crippen molar-refractivity contribution in [1.29, 1.82) is 0 Å². The Morgan fingerprint density at radius 3 is 2.84 bits per heavy atom. The average Bonchev–Trinajstić information content (AvgIpc) is 2.89. The number of likely N-dealkylation sites (N-methyl/N-ethyl adjacent to an activating group) is 1. The SMILES string of the molecule is CCCN(CC)CCNCc1ccc2[nH]ccc2c1. The highest BCUT2D eigenvalue weighted by Crippen LogP contribution is 2.13. The zero-order valence-electron chi connectivity index (χ0n) is 12.1. The average molecular weight is 259 g/mol. The van der Waals surface area contributed by atoms with Gasteiger partial charge in [0.2, 0.25) is 0 Å². The smallest absolute Gasteiger partial charge is 0.0454 e. The monoisotopic (exact) mass is 259 g/mol. The summed E-state index contributed by atoms with van der Waals surface area (Å²) in [6, 6.07) is 8.72. The normalized spacial score (nSPS) is 11.5. The third-order valence-electron chi connectivity index (χ3n) is 3.54. The summed E-state index contributed by atoms with van der Waals surface area (Å²) in [7, 11) is 0. The molecule has 1 aromatic heterocycles. The van der Waals surface area contributed by atoms with Crippen LogP contribution in [-0.4, -0.2) is 36.1 Å². The molecule has 1 aromatic carbocycles. The van der Waals surface area contributed by atoms with E-state index in [4.69, 9.17) is 0 Å². The van der Waals surface area contributed by atoms with E-state index in [0.717, 1.165) is 26.2 Å². The van der Waals surface area contributed by atoms with E-state index in [1.807, 2.05) is 6.20 Å². The fourth-order valence-corrected chi connectivity index (χ4v) is 2.43. The van der Waals surface area contributed by atoms with Crippen molar-refractivity contribution in [2.75, 3.05) is 26.2 Å². The second kappa shape index (κ2) is 7.31. The highest BCUT2D eigenvalue weighted by molar-refractivity contribution is 5.79. The molecule has 0 radical (unpaired) electrons. The maximum atomic E-state index is 3.53. The standard InChI is InChI=1S/C16H25N3/c1-3-10-19(4-2)11-9-17-13-14-5-6-16-15(12-14)7-8-18-16/h5-8,12,17-18H,3-4,9-11,13H2,1-2H3. The number of rotatable bonds is 8. The Balaban J connectivity index is 1.75. The van der Waals surface area contributed by atoms with Crippen molar-refractivity contribution < 1.29 is 0 Å². The van der Waals surface area contributed by atoms with E-state index in [9.17, 15) is 0 Å². The van der Waals surface area contributed by atoms with Crippen LogP contribution in [0.2, 0.25) is 0 Å². The van der Waals surface area contributed by atoms with Gasteiger partial charge >= 0.3 is 0 Å². The van der Waals surface area contributed by atoms with Gasteiger partial charge in [0.1, 0.15) is 0 Å². The molecule has 0 aliphatic rings. The van der Waals surface area contributed by atoms with Crippen LogP contribution < -0.4 is 5.32 Å². The van der Waals surface area contributed by atoms with Crippen molar-refractivity contribution >= 4 is 10.9 Å². The Labute approximate surface area is 116 Å². The van der Waals surface area contributed by atoms with Crippen molar-refractivity contribution in [2.24, 2.45) is 0 Å². The summed E-state index contributed by atoms with van der Waals surface area (Å²) in [5.41, 5.74) is 2.56. The molecular formula is C16H25N3. The molecule has 3 nitrogen and oxygen atoms in total. The van der Waals surface area contributed by atoms with Gasteiger partial charge in [0.15, 0.2) is 0 Å². The third kappa shape index (κ3) is 4.08. The van der Waals surface area contributed by atoms with Crippen LogP contribution in [-0.2, 0) is 6.54 Å². The molecule has 0 amide bonds. The van der Waals surface area contributed by atoms with Crippen LogP contribution in [0.25, 0.3) is 10.9 Å². The van der Waals surface area contributed by atoms with E-state index < -0.39 is 0 Å². The Bertz CT molecular complexity index is 489. The summed E-state index contributed by atoms with van der Waals surface area (Å²) in [4.78, 5) is 5.71. The third-order valence-corrected chi connectivity index (χ3v) is 3.54. The number of aromatic nitrogens is 1. The lowest BCUT2D eigenvalue weighted by atomic mass is 10.1. The summed E-state index contributed by atoms with van der Waals surface area (Å²) < 4.78 is 0. The lowest BCUT2D eigenvalue weighted by Gasteiger charge is -2.19.